The van der Waals surface area contributed by atoms with Crippen molar-refractivity contribution in [2.45, 2.75) is 27.0 Å². The molecule has 11 nitrogen and oxygen atoms in total. The third-order valence-electron chi connectivity index (χ3n) is 4.78. The Balaban J connectivity index is 1.55. The molecule has 1 heterocycles. The van der Waals surface area contributed by atoms with Gasteiger partial charge < -0.3 is 10.1 Å². The molecule has 0 saturated carbocycles. The zero-order valence-electron chi connectivity index (χ0n) is 17.5. The highest BCUT2D eigenvalue weighted by atomic mass is 16.6. The van der Waals surface area contributed by atoms with Crippen LogP contribution in [0.2, 0.25) is 0 Å². The van der Waals surface area contributed by atoms with Crippen molar-refractivity contribution in [3.8, 4) is 5.75 Å². The number of rotatable bonds is 9. The molecule has 0 bridgehead atoms. The lowest BCUT2D eigenvalue weighted by Gasteiger charge is -2.09. The van der Waals surface area contributed by atoms with Crippen LogP contribution in [-0.2, 0) is 13.2 Å². The minimum absolute atomic E-state index is 0.0166. The van der Waals surface area contributed by atoms with Gasteiger partial charge in [0.05, 0.1) is 16.4 Å². The summed E-state index contributed by atoms with van der Waals surface area (Å²) in [6.07, 6.45) is 0. The van der Waals surface area contributed by atoms with Gasteiger partial charge in [-0.1, -0.05) is 12.1 Å². The lowest BCUT2D eigenvalue weighted by molar-refractivity contribution is -0.386. The van der Waals surface area contributed by atoms with Crippen molar-refractivity contribution < 1.29 is 19.4 Å². The van der Waals surface area contributed by atoms with Crippen molar-refractivity contribution in [3.63, 3.8) is 0 Å². The predicted octanol–water partition coefficient (Wildman–Crippen LogP) is 3.33. The number of benzene rings is 2. The van der Waals surface area contributed by atoms with E-state index < -0.39 is 9.85 Å². The quantitative estimate of drug-likeness (QED) is 0.398. The average Bonchev–Trinajstić information content (AvgIpc) is 3.05. The number of ether oxygens (including phenoxy) is 1. The van der Waals surface area contributed by atoms with Crippen LogP contribution in [0.4, 0.5) is 11.4 Å². The fraction of sp³-hybridized carbons (Fsp3) is 0.238. The maximum Gasteiger partial charge on any atom is 0.312 e. The number of nitro benzene ring substituents is 1. The summed E-state index contributed by atoms with van der Waals surface area (Å²) in [5.41, 5.74) is 1.93. The van der Waals surface area contributed by atoms with Crippen molar-refractivity contribution in [1.82, 2.24) is 15.1 Å². The first-order valence-electron chi connectivity index (χ1n) is 9.69. The fourth-order valence-corrected chi connectivity index (χ4v) is 3.18. The fourth-order valence-electron chi connectivity index (χ4n) is 3.18. The van der Waals surface area contributed by atoms with E-state index in [1.165, 1.54) is 28.9 Å². The number of carbonyl (C=O) groups excluding carboxylic acids is 1. The lowest BCUT2D eigenvalue weighted by atomic mass is 10.1. The summed E-state index contributed by atoms with van der Waals surface area (Å²) < 4.78 is 7.13. The maximum absolute atomic E-state index is 12.5. The third-order valence-corrected chi connectivity index (χ3v) is 4.78. The van der Waals surface area contributed by atoms with Gasteiger partial charge in [0, 0.05) is 24.2 Å². The van der Waals surface area contributed by atoms with Crippen molar-refractivity contribution in [1.29, 1.82) is 0 Å². The SMILES string of the molecule is Cc1nn(CCNC(=O)c2cccc(COc3ccc([N+](=O)[O-])cc3)c2)c(C)c1[N+](=O)[O-]. The topological polar surface area (TPSA) is 142 Å². The van der Waals surface area contributed by atoms with E-state index in [-0.39, 0.29) is 30.4 Å². The van der Waals surface area contributed by atoms with Crippen LogP contribution in [-0.4, -0.2) is 32.1 Å². The molecule has 1 N–H and O–H groups in total. The Morgan fingerprint density at radius 2 is 1.81 bits per heavy atom. The normalized spacial score (nSPS) is 10.6. The smallest absolute Gasteiger partial charge is 0.312 e. The van der Waals surface area contributed by atoms with Gasteiger partial charge in [0.25, 0.3) is 11.6 Å². The van der Waals surface area contributed by atoms with Crippen LogP contribution in [0.15, 0.2) is 48.5 Å². The van der Waals surface area contributed by atoms with Gasteiger partial charge in [0.1, 0.15) is 23.7 Å². The first-order chi connectivity index (χ1) is 15.3. The number of amides is 1. The van der Waals surface area contributed by atoms with Crippen molar-refractivity contribution in [2.24, 2.45) is 0 Å². The summed E-state index contributed by atoms with van der Waals surface area (Å²) in [7, 11) is 0. The minimum atomic E-state index is -0.484. The number of nitrogens with one attached hydrogen (secondary N) is 1. The molecule has 0 fully saturated rings. The van der Waals surface area contributed by atoms with E-state index in [4.69, 9.17) is 4.74 Å². The summed E-state index contributed by atoms with van der Waals surface area (Å²) in [6, 6.07) is 12.6. The molecule has 32 heavy (non-hydrogen) atoms. The Morgan fingerprint density at radius 3 is 2.44 bits per heavy atom. The summed E-state index contributed by atoms with van der Waals surface area (Å²) in [4.78, 5) is 33.3. The Morgan fingerprint density at radius 1 is 1.09 bits per heavy atom. The largest absolute Gasteiger partial charge is 0.489 e. The van der Waals surface area contributed by atoms with E-state index in [1.807, 2.05) is 0 Å². The molecular weight excluding hydrogens is 418 g/mol. The molecule has 11 heteroatoms. The van der Waals surface area contributed by atoms with Crippen LogP contribution < -0.4 is 10.1 Å². The summed E-state index contributed by atoms with van der Waals surface area (Å²) in [5, 5.41) is 28.7. The lowest BCUT2D eigenvalue weighted by Crippen LogP contribution is -2.27. The highest BCUT2D eigenvalue weighted by molar-refractivity contribution is 5.94. The second kappa shape index (κ2) is 9.69. The van der Waals surface area contributed by atoms with Crippen LogP contribution in [0.5, 0.6) is 5.75 Å². The Bertz CT molecular complexity index is 1160. The summed E-state index contributed by atoms with van der Waals surface area (Å²) >= 11 is 0. The molecule has 0 atom stereocenters. The Kier molecular flexibility index (Phi) is 6.78. The number of hydrogen-bond acceptors (Lipinski definition) is 7. The summed E-state index contributed by atoms with van der Waals surface area (Å²) in [6.45, 7) is 3.93. The Labute approximate surface area is 182 Å². The van der Waals surface area contributed by atoms with Crippen LogP contribution in [0.25, 0.3) is 0 Å². The highest BCUT2D eigenvalue weighted by Gasteiger charge is 2.21. The molecule has 1 amide bonds. The molecule has 0 radical (unpaired) electrons. The first kappa shape index (κ1) is 22.4. The van der Waals surface area contributed by atoms with Crippen LogP contribution in [0.1, 0.15) is 27.3 Å². The molecule has 0 aliphatic rings. The second-order valence-corrected chi connectivity index (χ2v) is 7.00. The number of nitro groups is 2. The van der Waals surface area contributed by atoms with Gasteiger partial charge in [-0.2, -0.15) is 5.10 Å². The molecule has 2 aromatic carbocycles. The molecule has 0 spiro atoms. The highest BCUT2D eigenvalue weighted by Crippen LogP contribution is 2.21. The zero-order valence-corrected chi connectivity index (χ0v) is 17.5. The van der Waals surface area contributed by atoms with Crippen molar-refractivity contribution in [2.75, 3.05) is 6.54 Å². The van der Waals surface area contributed by atoms with Crippen LogP contribution in [0.3, 0.4) is 0 Å². The standard InChI is InChI=1S/C21H21N5O6/c1-14-20(26(30)31)15(2)24(23-14)11-10-22-21(27)17-5-3-4-16(12-17)13-32-19-8-6-18(7-9-19)25(28)29/h3-9,12H,10-11,13H2,1-2H3,(H,22,27). The van der Waals surface area contributed by atoms with Gasteiger partial charge in [0.15, 0.2) is 0 Å². The number of non-ortho nitro benzene ring substituents is 1. The molecule has 0 unspecified atom stereocenters. The molecule has 1 aromatic heterocycles. The second-order valence-electron chi connectivity index (χ2n) is 7.00. The monoisotopic (exact) mass is 439 g/mol. The molecule has 0 saturated heterocycles. The van der Waals surface area contributed by atoms with Crippen LogP contribution >= 0.6 is 0 Å². The minimum Gasteiger partial charge on any atom is -0.489 e. The number of aryl methyl sites for hydroxylation is 1. The van der Waals surface area contributed by atoms with Crippen molar-refractivity contribution in [3.05, 3.63) is 91.3 Å². The van der Waals surface area contributed by atoms with E-state index in [9.17, 15) is 25.0 Å². The van der Waals surface area contributed by atoms with E-state index in [2.05, 4.69) is 10.4 Å². The maximum atomic E-state index is 12.5. The summed E-state index contributed by atoms with van der Waals surface area (Å²) in [5.74, 6) is 0.183. The predicted molar refractivity (Wildman–Crippen MR) is 115 cm³/mol. The van der Waals surface area contributed by atoms with E-state index in [0.717, 1.165) is 5.56 Å². The zero-order chi connectivity index (χ0) is 23.3. The van der Waals surface area contributed by atoms with E-state index >= 15 is 0 Å². The third kappa shape index (κ3) is 5.25. The molecule has 0 aliphatic heterocycles. The van der Waals surface area contributed by atoms with Crippen LogP contribution in [0, 0.1) is 34.1 Å². The van der Waals surface area contributed by atoms with Gasteiger partial charge in [-0.15, -0.1) is 0 Å². The van der Waals surface area contributed by atoms with Gasteiger partial charge in [0.2, 0.25) is 0 Å². The molecule has 3 aromatic rings. The number of carbonyl (C=O) groups is 1. The van der Waals surface area contributed by atoms with Gasteiger partial charge >= 0.3 is 5.69 Å². The molecular formula is C21H21N5O6. The average molecular weight is 439 g/mol. The van der Waals surface area contributed by atoms with Crippen molar-refractivity contribution >= 4 is 17.3 Å². The molecule has 3 rings (SSSR count). The molecule has 166 valence electrons. The van der Waals surface area contributed by atoms with E-state index in [0.29, 0.717) is 29.2 Å². The van der Waals surface area contributed by atoms with Gasteiger partial charge in [-0.3, -0.25) is 29.7 Å². The van der Waals surface area contributed by atoms with E-state index in [1.54, 1.807) is 38.1 Å². The van der Waals surface area contributed by atoms with Gasteiger partial charge in [-0.05, 0) is 43.7 Å². The number of hydrogen-bond donors (Lipinski definition) is 1. The van der Waals surface area contributed by atoms with Gasteiger partial charge in [-0.25, -0.2) is 0 Å². The number of aromatic nitrogens is 2. The Hall–Kier alpha value is -4.28. The number of nitrogens with zero attached hydrogens (tertiary/aromatic N) is 4. The first-order valence-corrected chi connectivity index (χ1v) is 9.69. The molecule has 0 aliphatic carbocycles.